The molecule has 0 spiro atoms. The van der Waals surface area contributed by atoms with Crippen molar-refractivity contribution in [1.82, 2.24) is 4.98 Å². The van der Waals surface area contributed by atoms with Crippen LogP contribution in [0.5, 0.6) is 17.2 Å². The maximum absolute atomic E-state index is 6.06. The summed E-state index contributed by atoms with van der Waals surface area (Å²) in [4.78, 5) is 4.81. The molecule has 4 aromatic rings. The second-order valence-electron chi connectivity index (χ2n) is 6.78. The molecule has 0 N–H and O–H groups in total. The fourth-order valence-corrected chi connectivity index (χ4v) is 3.21. The summed E-state index contributed by atoms with van der Waals surface area (Å²) in [5.74, 6) is 2.28. The minimum Gasteiger partial charge on any atom is -0.497 e. The first kappa shape index (κ1) is 19.5. The Morgan fingerprint density at radius 3 is 2.43 bits per heavy atom. The molecule has 0 radical (unpaired) electrons. The van der Waals surface area contributed by atoms with Crippen LogP contribution in [-0.4, -0.2) is 19.2 Å². The van der Waals surface area contributed by atoms with E-state index < -0.39 is 0 Å². The lowest BCUT2D eigenvalue weighted by molar-refractivity contribution is 0.309. The van der Waals surface area contributed by atoms with Crippen LogP contribution in [0.4, 0.5) is 0 Å². The molecule has 0 unspecified atom stereocenters. The first-order valence-corrected chi connectivity index (χ1v) is 9.73. The maximum Gasteiger partial charge on any atom is 0.146 e. The van der Waals surface area contributed by atoms with E-state index in [0.717, 1.165) is 45.0 Å². The Hall–Kier alpha value is -3.79. The van der Waals surface area contributed by atoms with E-state index in [1.54, 1.807) is 14.2 Å². The fraction of sp³-hybridized carbons (Fsp3) is 0.115. The predicted octanol–water partition coefficient (Wildman–Crippen LogP) is 6.00. The van der Waals surface area contributed by atoms with Crippen molar-refractivity contribution in [3.05, 3.63) is 95.7 Å². The molecule has 3 aromatic carbocycles. The van der Waals surface area contributed by atoms with Gasteiger partial charge in [-0.05, 0) is 42.0 Å². The zero-order valence-corrected chi connectivity index (χ0v) is 17.0. The highest BCUT2D eigenvalue weighted by Gasteiger charge is 2.06. The van der Waals surface area contributed by atoms with Gasteiger partial charge in [-0.1, -0.05) is 48.5 Å². The van der Waals surface area contributed by atoms with Crippen molar-refractivity contribution in [2.45, 2.75) is 6.61 Å². The smallest absolute Gasteiger partial charge is 0.146 e. The summed E-state index contributed by atoms with van der Waals surface area (Å²) in [5.41, 5.74) is 3.76. The van der Waals surface area contributed by atoms with Gasteiger partial charge in [0.1, 0.15) is 29.4 Å². The van der Waals surface area contributed by atoms with E-state index in [0.29, 0.717) is 6.61 Å². The summed E-state index contributed by atoms with van der Waals surface area (Å²) in [7, 11) is 3.29. The molecule has 4 nitrogen and oxygen atoms in total. The predicted molar refractivity (Wildman–Crippen MR) is 121 cm³/mol. The lowest BCUT2D eigenvalue weighted by Gasteiger charge is -2.10. The van der Waals surface area contributed by atoms with Crippen LogP contribution in [0.2, 0.25) is 0 Å². The average Bonchev–Trinajstić information content (AvgIpc) is 2.81. The summed E-state index contributed by atoms with van der Waals surface area (Å²) in [6, 6.07) is 25.9. The minimum absolute atomic E-state index is 0.505. The Kier molecular flexibility index (Phi) is 5.95. The van der Waals surface area contributed by atoms with E-state index in [1.807, 2.05) is 72.8 Å². The van der Waals surface area contributed by atoms with Gasteiger partial charge in [-0.25, -0.2) is 4.98 Å². The molecule has 1 heterocycles. The number of fused-ring (bicyclic) bond motifs is 1. The topological polar surface area (TPSA) is 40.6 Å². The molecular weight excluding hydrogens is 374 g/mol. The number of aromatic nitrogens is 1. The molecule has 0 aliphatic heterocycles. The summed E-state index contributed by atoms with van der Waals surface area (Å²) >= 11 is 0. The van der Waals surface area contributed by atoms with Gasteiger partial charge in [0, 0.05) is 17.0 Å². The first-order valence-electron chi connectivity index (χ1n) is 9.73. The number of pyridine rings is 1. The van der Waals surface area contributed by atoms with Gasteiger partial charge in [-0.2, -0.15) is 0 Å². The molecular formula is C26H23NO3. The van der Waals surface area contributed by atoms with Crippen LogP contribution in [0.15, 0.2) is 78.9 Å². The van der Waals surface area contributed by atoms with E-state index >= 15 is 0 Å². The van der Waals surface area contributed by atoms with Crippen LogP contribution in [0.25, 0.3) is 23.1 Å². The van der Waals surface area contributed by atoms with Gasteiger partial charge in [0.15, 0.2) is 0 Å². The number of benzene rings is 3. The van der Waals surface area contributed by atoms with Gasteiger partial charge in [-0.15, -0.1) is 0 Å². The van der Waals surface area contributed by atoms with Crippen molar-refractivity contribution in [2.75, 3.05) is 14.2 Å². The Morgan fingerprint density at radius 1 is 0.767 bits per heavy atom. The molecule has 4 heteroatoms. The number of hydrogen-bond donors (Lipinski definition) is 0. The van der Waals surface area contributed by atoms with Crippen LogP contribution in [-0.2, 0) is 6.61 Å². The van der Waals surface area contributed by atoms with Crippen molar-refractivity contribution >= 4 is 23.1 Å². The van der Waals surface area contributed by atoms with E-state index in [-0.39, 0.29) is 0 Å². The van der Waals surface area contributed by atoms with Gasteiger partial charge in [0.2, 0.25) is 0 Å². The largest absolute Gasteiger partial charge is 0.497 e. The number of hydrogen-bond acceptors (Lipinski definition) is 4. The average molecular weight is 397 g/mol. The number of ether oxygens (including phenoxy) is 3. The van der Waals surface area contributed by atoms with Crippen LogP contribution >= 0.6 is 0 Å². The molecule has 0 amide bonds. The second-order valence-corrected chi connectivity index (χ2v) is 6.78. The van der Waals surface area contributed by atoms with E-state index in [2.05, 4.69) is 18.2 Å². The molecule has 4 rings (SSSR count). The van der Waals surface area contributed by atoms with Gasteiger partial charge < -0.3 is 14.2 Å². The Labute approximate surface area is 176 Å². The highest BCUT2D eigenvalue weighted by molar-refractivity contribution is 5.86. The maximum atomic E-state index is 6.06. The van der Waals surface area contributed by atoms with Crippen molar-refractivity contribution < 1.29 is 14.2 Å². The highest BCUT2D eigenvalue weighted by atomic mass is 16.5. The van der Waals surface area contributed by atoms with Gasteiger partial charge in [0.25, 0.3) is 0 Å². The van der Waals surface area contributed by atoms with Crippen molar-refractivity contribution in [3.63, 3.8) is 0 Å². The summed E-state index contributed by atoms with van der Waals surface area (Å²) < 4.78 is 16.8. The van der Waals surface area contributed by atoms with Gasteiger partial charge in [-0.3, -0.25) is 0 Å². The fourth-order valence-electron chi connectivity index (χ4n) is 3.21. The third kappa shape index (κ3) is 4.44. The lowest BCUT2D eigenvalue weighted by Crippen LogP contribution is -1.97. The molecule has 0 fully saturated rings. The van der Waals surface area contributed by atoms with Crippen LogP contribution in [0, 0.1) is 0 Å². The monoisotopic (exact) mass is 397 g/mol. The second kappa shape index (κ2) is 9.14. The summed E-state index contributed by atoms with van der Waals surface area (Å²) in [6.07, 6.45) is 3.96. The van der Waals surface area contributed by atoms with Crippen LogP contribution in [0.1, 0.15) is 16.8 Å². The molecule has 150 valence electrons. The molecule has 0 aliphatic rings. The lowest BCUT2D eigenvalue weighted by atomic mass is 10.1. The SMILES string of the molecule is COc1ccc(C=Cc2ccc3cccc(OCc4ccccc4)c3n2)c(OC)c1. The first-order chi connectivity index (χ1) is 14.8. The number of methoxy groups -OCH3 is 2. The Balaban J connectivity index is 1.60. The molecule has 0 aliphatic carbocycles. The molecule has 30 heavy (non-hydrogen) atoms. The van der Waals surface area contributed by atoms with E-state index in [1.165, 1.54) is 0 Å². The van der Waals surface area contributed by atoms with E-state index in [9.17, 15) is 0 Å². The molecule has 0 bridgehead atoms. The standard InChI is InChI=1S/C26H23NO3/c1-28-23-16-13-20(25(17-23)29-2)11-14-22-15-12-21-9-6-10-24(26(21)27-22)30-18-19-7-4-3-5-8-19/h3-17H,18H2,1-2H3. The molecule has 0 saturated heterocycles. The molecule has 0 atom stereocenters. The van der Waals surface area contributed by atoms with Crippen LogP contribution in [0.3, 0.4) is 0 Å². The zero-order chi connectivity index (χ0) is 20.8. The van der Waals surface area contributed by atoms with Crippen molar-refractivity contribution in [1.29, 1.82) is 0 Å². The third-order valence-electron chi connectivity index (χ3n) is 4.82. The van der Waals surface area contributed by atoms with Crippen molar-refractivity contribution in [2.24, 2.45) is 0 Å². The molecule has 0 saturated carbocycles. The number of para-hydroxylation sites is 1. The third-order valence-corrected chi connectivity index (χ3v) is 4.82. The number of nitrogens with zero attached hydrogens (tertiary/aromatic N) is 1. The van der Waals surface area contributed by atoms with Crippen LogP contribution < -0.4 is 14.2 Å². The number of rotatable bonds is 7. The minimum atomic E-state index is 0.505. The Bertz CT molecular complexity index is 1170. The molecule has 1 aromatic heterocycles. The highest BCUT2D eigenvalue weighted by Crippen LogP contribution is 2.28. The summed E-state index contributed by atoms with van der Waals surface area (Å²) in [5, 5.41) is 1.04. The Morgan fingerprint density at radius 2 is 1.63 bits per heavy atom. The zero-order valence-electron chi connectivity index (χ0n) is 17.0. The van der Waals surface area contributed by atoms with E-state index in [4.69, 9.17) is 19.2 Å². The normalized spacial score (nSPS) is 11.0. The summed E-state index contributed by atoms with van der Waals surface area (Å²) in [6.45, 7) is 0.505. The van der Waals surface area contributed by atoms with Crippen molar-refractivity contribution in [3.8, 4) is 17.2 Å². The van der Waals surface area contributed by atoms with Gasteiger partial charge >= 0.3 is 0 Å². The van der Waals surface area contributed by atoms with Gasteiger partial charge in [0.05, 0.1) is 19.9 Å². The quantitative estimate of drug-likeness (QED) is 0.383.